The van der Waals surface area contributed by atoms with Crippen LogP contribution in [0.25, 0.3) is 10.9 Å². The summed E-state index contributed by atoms with van der Waals surface area (Å²) in [5, 5.41) is 2.22. The van der Waals surface area contributed by atoms with Crippen molar-refractivity contribution in [3.8, 4) is 17.2 Å². The van der Waals surface area contributed by atoms with E-state index in [1.54, 1.807) is 0 Å². The highest BCUT2D eigenvalue weighted by molar-refractivity contribution is 9.09. The molecule has 0 saturated heterocycles. The first-order valence-corrected chi connectivity index (χ1v) is 9.98. The third-order valence-electron chi connectivity index (χ3n) is 4.10. The smallest absolute Gasteiger partial charge is 0.128 e. The summed E-state index contributed by atoms with van der Waals surface area (Å²) in [7, 11) is 0. The number of unbranched alkanes of at least 4 members (excludes halogenated alkanes) is 1. The summed E-state index contributed by atoms with van der Waals surface area (Å²) in [5.74, 6) is 2.56. The molecule has 0 aliphatic carbocycles. The van der Waals surface area contributed by atoms with Crippen molar-refractivity contribution in [3.63, 3.8) is 0 Å². The average molecular weight is 402 g/mol. The quantitative estimate of drug-likeness (QED) is 0.306. The van der Waals surface area contributed by atoms with Crippen molar-refractivity contribution in [2.75, 3.05) is 11.9 Å². The van der Waals surface area contributed by atoms with Gasteiger partial charge in [0.1, 0.15) is 17.2 Å². The zero-order chi connectivity index (χ0) is 17.5. The highest BCUT2D eigenvalue weighted by Crippen LogP contribution is 2.27. The van der Waals surface area contributed by atoms with E-state index in [-0.39, 0.29) is 0 Å². The number of rotatable bonds is 9. The highest BCUT2D eigenvalue weighted by atomic mass is 79.9. The second-order valence-electron chi connectivity index (χ2n) is 6.05. The van der Waals surface area contributed by atoms with Crippen molar-refractivity contribution in [1.82, 2.24) is 4.57 Å². The standard InChI is InChI=1S/C21H24BrNO2/c1-2-3-15-24-18-5-7-19(8-6-18)25-20-9-10-21-17(16-20)11-14-23(21)13-4-12-22/h5-11,14,16H,2-4,12-13,15H2,1H3. The number of aryl methyl sites for hydroxylation is 1. The molecule has 0 bridgehead atoms. The molecule has 3 rings (SSSR count). The summed E-state index contributed by atoms with van der Waals surface area (Å²) >= 11 is 3.49. The maximum atomic E-state index is 5.99. The van der Waals surface area contributed by atoms with Gasteiger partial charge in [0.05, 0.1) is 6.61 Å². The van der Waals surface area contributed by atoms with E-state index in [0.717, 1.165) is 55.0 Å². The molecule has 0 aliphatic rings. The minimum Gasteiger partial charge on any atom is -0.494 e. The van der Waals surface area contributed by atoms with Gasteiger partial charge in [0.25, 0.3) is 0 Å². The molecule has 25 heavy (non-hydrogen) atoms. The first-order chi connectivity index (χ1) is 12.3. The Labute approximate surface area is 157 Å². The van der Waals surface area contributed by atoms with Crippen LogP contribution in [0.4, 0.5) is 0 Å². The zero-order valence-corrected chi connectivity index (χ0v) is 16.2. The van der Waals surface area contributed by atoms with E-state index in [4.69, 9.17) is 9.47 Å². The molecular weight excluding hydrogens is 378 g/mol. The van der Waals surface area contributed by atoms with Crippen molar-refractivity contribution in [2.24, 2.45) is 0 Å². The normalized spacial score (nSPS) is 11.0. The summed E-state index contributed by atoms with van der Waals surface area (Å²) in [6.07, 6.45) is 5.48. The van der Waals surface area contributed by atoms with Crippen LogP contribution in [0, 0.1) is 0 Å². The van der Waals surface area contributed by atoms with Crippen molar-refractivity contribution in [2.45, 2.75) is 32.7 Å². The molecule has 0 unspecified atom stereocenters. The van der Waals surface area contributed by atoms with Gasteiger partial charge in [0, 0.05) is 29.0 Å². The first kappa shape index (κ1) is 17.9. The van der Waals surface area contributed by atoms with Crippen LogP contribution >= 0.6 is 15.9 Å². The van der Waals surface area contributed by atoms with Crippen molar-refractivity contribution in [3.05, 3.63) is 54.7 Å². The van der Waals surface area contributed by atoms with E-state index in [0.29, 0.717) is 0 Å². The second-order valence-corrected chi connectivity index (χ2v) is 6.84. The topological polar surface area (TPSA) is 23.4 Å². The summed E-state index contributed by atoms with van der Waals surface area (Å²) in [6.45, 7) is 3.95. The molecule has 0 spiro atoms. The third-order valence-corrected chi connectivity index (χ3v) is 4.66. The summed E-state index contributed by atoms with van der Waals surface area (Å²) < 4.78 is 13.9. The Balaban J connectivity index is 1.66. The summed E-state index contributed by atoms with van der Waals surface area (Å²) in [4.78, 5) is 0. The number of benzene rings is 2. The van der Waals surface area contributed by atoms with E-state index in [2.05, 4.69) is 51.8 Å². The minimum atomic E-state index is 0.763. The third kappa shape index (κ3) is 4.79. The lowest BCUT2D eigenvalue weighted by Gasteiger charge is -2.09. The van der Waals surface area contributed by atoms with Gasteiger partial charge < -0.3 is 14.0 Å². The Hall–Kier alpha value is -1.94. The zero-order valence-electron chi connectivity index (χ0n) is 14.6. The molecule has 4 heteroatoms. The van der Waals surface area contributed by atoms with Gasteiger partial charge in [-0.15, -0.1) is 0 Å². The van der Waals surface area contributed by atoms with Crippen molar-refractivity contribution < 1.29 is 9.47 Å². The Morgan fingerprint density at radius 1 is 0.920 bits per heavy atom. The van der Waals surface area contributed by atoms with E-state index >= 15 is 0 Å². The first-order valence-electron chi connectivity index (χ1n) is 8.85. The van der Waals surface area contributed by atoms with E-state index in [1.165, 1.54) is 10.9 Å². The lowest BCUT2D eigenvalue weighted by atomic mass is 10.2. The monoisotopic (exact) mass is 401 g/mol. The van der Waals surface area contributed by atoms with Crippen LogP contribution in [0.3, 0.4) is 0 Å². The minimum absolute atomic E-state index is 0.763. The van der Waals surface area contributed by atoms with Crippen LogP contribution < -0.4 is 9.47 Å². The fourth-order valence-corrected chi connectivity index (χ4v) is 2.99. The Morgan fingerprint density at radius 3 is 2.44 bits per heavy atom. The van der Waals surface area contributed by atoms with E-state index in [1.807, 2.05) is 30.3 Å². The summed E-state index contributed by atoms with van der Waals surface area (Å²) in [5.41, 5.74) is 1.24. The van der Waals surface area contributed by atoms with Gasteiger partial charge in [-0.05, 0) is 61.4 Å². The van der Waals surface area contributed by atoms with Crippen LogP contribution in [0.15, 0.2) is 54.7 Å². The molecule has 2 aromatic carbocycles. The highest BCUT2D eigenvalue weighted by Gasteiger charge is 2.04. The van der Waals surface area contributed by atoms with Gasteiger partial charge in [0.2, 0.25) is 0 Å². The molecule has 3 nitrogen and oxygen atoms in total. The molecule has 0 fully saturated rings. The lowest BCUT2D eigenvalue weighted by molar-refractivity contribution is 0.309. The maximum absolute atomic E-state index is 5.99. The predicted molar refractivity (Wildman–Crippen MR) is 107 cm³/mol. The van der Waals surface area contributed by atoms with Crippen LogP contribution in [0.5, 0.6) is 17.2 Å². The molecule has 0 aliphatic heterocycles. The molecule has 0 atom stereocenters. The number of fused-ring (bicyclic) bond motifs is 1. The number of hydrogen-bond donors (Lipinski definition) is 0. The van der Waals surface area contributed by atoms with Crippen molar-refractivity contribution >= 4 is 26.8 Å². The Morgan fingerprint density at radius 2 is 1.68 bits per heavy atom. The number of hydrogen-bond acceptors (Lipinski definition) is 2. The lowest BCUT2D eigenvalue weighted by Crippen LogP contribution is -1.96. The molecule has 0 N–H and O–H groups in total. The molecule has 3 aromatic rings. The molecule has 1 heterocycles. The van der Waals surface area contributed by atoms with E-state index in [9.17, 15) is 0 Å². The van der Waals surface area contributed by atoms with Gasteiger partial charge >= 0.3 is 0 Å². The number of nitrogens with zero attached hydrogens (tertiary/aromatic N) is 1. The summed E-state index contributed by atoms with van der Waals surface area (Å²) in [6, 6.07) is 16.2. The van der Waals surface area contributed by atoms with Crippen LogP contribution in [-0.4, -0.2) is 16.5 Å². The van der Waals surface area contributed by atoms with Gasteiger partial charge in [-0.2, -0.15) is 0 Å². The van der Waals surface area contributed by atoms with E-state index < -0.39 is 0 Å². The predicted octanol–water partition coefficient (Wildman–Crippen LogP) is 6.40. The molecule has 0 saturated carbocycles. The Bertz CT molecular complexity index is 795. The fourth-order valence-electron chi connectivity index (χ4n) is 2.74. The van der Waals surface area contributed by atoms with Gasteiger partial charge in [-0.25, -0.2) is 0 Å². The fraction of sp³-hybridized carbons (Fsp3) is 0.333. The molecule has 1 aromatic heterocycles. The number of halogens is 1. The van der Waals surface area contributed by atoms with Crippen LogP contribution in [-0.2, 0) is 6.54 Å². The molecular formula is C21H24BrNO2. The van der Waals surface area contributed by atoms with Crippen molar-refractivity contribution in [1.29, 1.82) is 0 Å². The SMILES string of the molecule is CCCCOc1ccc(Oc2ccc3c(ccn3CCCBr)c2)cc1. The number of aromatic nitrogens is 1. The van der Waals surface area contributed by atoms with Crippen LogP contribution in [0.1, 0.15) is 26.2 Å². The Kier molecular flexibility index (Phi) is 6.40. The second kappa shape index (κ2) is 8.95. The van der Waals surface area contributed by atoms with Crippen LogP contribution in [0.2, 0.25) is 0 Å². The number of alkyl halides is 1. The molecule has 0 amide bonds. The largest absolute Gasteiger partial charge is 0.494 e. The molecule has 132 valence electrons. The average Bonchev–Trinajstić information content (AvgIpc) is 3.04. The molecule has 0 radical (unpaired) electrons. The maximum Gasteiger partial charge on any atom is 0.128 e. The van der Waals surface area contributed by atoms with Gasteiger partial charge in [0.15, 0.2) is 0 Å². The van der Waals surface area contributed by atoms with Gasteiger partial charge in [-0.1, -0.05) is 29.3 Å². The number of ether oxygens (including phenoxy) is 2. The van der Waals surface area contributed by atoms with Gasteiger partial charge in [-0.3, -0.25) is 0 Å².